The van der Waals surface area contributed by atoms with E-state index in [2.05, 4.69) is 15.2 Å². The van der Waals surface area contributed by atoms with E-state index in [1.807, 2.05) is 76.2 Å². The monoisotopic (exact) mass is 504 g/mol. The maximum absolute atomic E-state index is 13.2. The van der Waals surface area contributed by atoms with E-state index in [1.54, 1.807) is 12.3 Å². The van der Waals surface area contributed by atoms with E-state index < -0.39 is 16.4 Å². The Labute approximate surface area is 212 Å². The van der Waals surface area contributed by atoms with Gasteiger partial charge in [0.25, 0.3) is 5.89 Å². The van der Waals surface area contributed by atoms with Crippen molar-refractivity contribution in [2.45, 2.75) is 51.0 Å². The highest BCUT2D eigenvalue weighted by molar-refractivity contribution is 7.85. The molecule has 2 aromatic carbocycles. The zero-order valence-corrected chi connectivity index (χ0v) is 21.5. The normalized spacial score (nSPS) is 12.3. The number of nitrogens with zero attached hydrogens (tertiary/aromatic N) is 4. The molecule has 0 amide bonds. The summed E-state index contributed by atoms with van der Waals surface area (Å²) in [6.07, 6.45) is 2.30. The minimum absolute atomic E-state index is 0.209. The van der Waals surface area contributed by atoms with E-state index in [0.29, 0.717) is 45.6 Å². The number of carbonyl (C=O) groups excluding carboxylic acids is 1. The van der Waals surface area contributed by atoms with Gasteiger partial charge < -0.3 is 9.15 Å². The summed E-state index contributed by atoms with van der Waals surface area (Å²) in [4.78, 5) is 21.9. The summed E-state index contributed by atoms with van der Waals surface area (Å²) in [5.41, 5.74) is 2.62. The molecule has 186 valence electrons. The van der Waals surface area contributed by atoms with E-state index >= 15 is 0 Å². The maximum atomic E-state index is 13.2. The number of aryl methyl sites for hydroxylation is 1. The van der Waals surface area contributed by atoms with Crippen LogP contribution in [0.2, 0.25) is 0 Å². The number of carbonyl (C=O) groups is 1. The van der Waals surface area contributed by atoms with Gasteiger partial charge in [0, 0.05) is 28.2 Å². The highest BCUT2D eigenvalue weighted by atomic mass is 32.2. The van der Waals surface area contributed by atoms with Crippen molar-refractivity contribution in [1.82, 2.24) is 20.2 Å². The van der Waals surface area contributed by atoms with Crippen molar-refractivity contribution >= 4 is 16.8 Å². The Morgan fingerprint density at radius 1 is 1.00 bits per heavy atom. The van der Waals surface area contributed by atoms with Gasteiger partial charge in [0.2, 0.25) is 5.89 Å². The Bertz CT molecular complexity index is 1380. The van der Waals surface area contributed by atoms with Crippen LogP contribution >= 0.6 is 0 Å². The van der Waals surface area contributed by atoms with Gasteiger partial charge >= 0.3 is 5.97 Å². The molecule has 0 fully saturated rings. The Hall–Kier alpha value is -3.72. The number of rotatable bonds is 8. The number of hydrogen-bond acceptors (Lipinski definition) is 8. The third kappa shape index (κ3) is 6.28. The molecule has 9 heteroatoms. The standard InChI is InChI=1S/C27H28N4O4S/c1-18-24(26-31-30-25(34-26)19-11-6-5-7-12-19)29-21(17-28-18)20-13-8-9-14-22(20)36(33)16-10-15-23(32)35-27(2,3)4/h5-9,11-14,17H,10,15-16H2,1-4H3. The van der Waals surface area contributed by atoms with Crippen LogP contribution in [-0.4, -0.2) is 41.7 Å². The lowest BCUT2D eigenvalue weighted by Crippen LogP contribution is -2.23. The molecule has 0 N–H and O–H groups in total. The first-order chi connectivity index (χ1) is 17.2. The van der Waals surface area contributed by atoms with Crippen LogP contribution in [0.1, 0.15) is 39.3 Å². The van der Waals surface area contributed by atoms with Gasteiger partial charge in [-0.1, -0.05) is 36.4 Å². The first-order valence-electron chi connectivity index (χ1n) is 11.6. The van der Waals surface area contributed by atoms with Crippen molar-refractivity contribution in [3.63, 3.8) is 0 Å². The van der Waals surface area contributed by atoms with Crippen molar-refractivity contribution in [2.24, 2.45) is 0 Å². The highest BCUT2D eigenvalue weighted by Gasteiger charge is 2.20. The Morgan fingerprint density at radius 2 is 1.69 bits per heavy atom. The molecule has 0 saturated carbocycles. The topological polar surface area (TPSA) is 108 Å². The second-order valence-corrected chi connectivity index (χ2v) is 10.7. The lowest BCUT2D eigenvalue weighted by molar-refractivity contribution is -0.154. The van der Waals surface area contributed by atoms with Gasteiger partial charge in [-0.05, 0) is 52.3 Å². The minimum Gasteiger partial charge on any atom is -0.460 e. The molecule has 4 aromatic rings. The molecular weight excluding hydrogens is 476 g/mol. The van der Waals surface area contributed by atoms with Crippen molar-refractivity contribution in [3.05, 3.63) is 66.5 Å². The van der Waals surface area contributed by atoms with Gasteiger partial charge in [-0.25, -0.2) is 4.98 Å². The quantitative estimate of drug-likeness (QED) is 0.294. The molecule has 2 aromatic heterocycles. The Balaban J connectivity index is 1.55. The molecule has 0 bridgehead atoms. The summed E-state index contributed by atoms with van der Waals surface area (Å²) >= 11 is 0. The summed E-state index contributed by atoms with van der Waals surface area (Å²) in [6, 6.07) is 16.8. The van der Waals surface area contributed by atoms with Crippen molar-refractivity contribution < 1.29 is 18.2 Å². The van der Waals surface area contributed by atoms with Crippen molar-refractivity contribution in [3.8, 4) is 34.3 Å². The van der Waals surface area contributed by atoms with Gasteiger partial charge in [0.15, 0.2) is 0 Å². The zero-order valence-electron chi connectivity index (χ0n) is 20.7. The number of aromatic nitrogens is 4. The summed E-state index contributed by atoms with van der Waals surface area (Å²) in [5, 5.41) is 8.33. The molecule has 0 aliphatic rings. The van der Waals surface area contributed by atoms with Crippen molar-refractivity contribution in [2.75, 3.05) is 5.75 Å². The molecular formula is C27H28N4O4S. The second kappa shape index (κ2) is 10.9. The smallest absolute Gasteiger partial charge is 0.306 e. The fourth-order valence-electron chi connectivity index (χ4n) is 3.52. The van der Waals surface area contributed by atoms with E-state index in [1.165, 1.54) is 0 Å². The lowest BCUT2D eigenvalue weighted by Gasteiger charge is -2.19. The molecule has 1 atom stereocenters. The molecule has 0 spiro atoms. The summed E-state index contributed by atoms with van der Waals surface area (Å²) in [6.45, 7) is 7.30. The molecule has 2 heterocycles. The fourth-order valence-corrected chi connectivity index (χ4v) is 4.80. The molecule has 0 aliphatic carbocycles. The molecule has 36 heavy (non-hydrogen) atoms. The number of esters is 1. The molecule has 0 radical (unpaired) electrons. The fraction of sp³-hybridized carbons (Fsp3) is 0.296. The van der Waals surface area contributed by atoms with Gasteiger partial charge in [0.1, 0.15) is 11.3 Å². The van der Waals surface area contributed by atoms with Crippen LogP contribution in [0.5, 0.6) is 0 Å². The summed E-state index contributed by atoms with van der Waals surface area (Å²) in [7, 11) is -1.34. The molecule has 1 unspecified atom stereocenters. The maximum Gasteiger partial charge on any atom is 0.306 e. The van der Waals surface area contributed by atoms with E-state index in [0.717, 1.165) is 5.56 Å². The second-order valence-electron chi connectivity index (χ2n) is 9.20. The average molecular weight is 505 g/mol. The summed E-state index contributed by atoms with van der Waals surface area (Å²) < 4.78 is 24.4. The Morgan fingerprint density at radius 3 is 2.44 bits per heavy atom. The van der Waals surface area contributed by atoms with Crippen LogP contribution in [0.4, 0.5) is 0 Å². The average Bonchev–Trinajstić information content (AvgIpc) is 3.34. The van der Waals surface area contributed by atoms with Crippen LogP contribution in [0.3, 0.4) is 0 Å². The lowest BCUT2D eigenvalue weighted by atomic mass is 10.1. The zero-order chi connectivity index (χ0) is 25.7. The SMILES string of the molecule is Cc1ncc(-c2ccccc2S(=O)CCCC(=O)OC(C)(C)C)nc1-c1nnc(-c2ccccc2)o1. The number of benzene rings is 2. The third-order valence-electron chi connectivity index (χ3n) is 5.14. The van der Waals surface area contributed by atoms with Gasteiger partial charge in [-0.15, -0.1) is 10.2 Å². The molecule has 8 nitrogen and oxygen atoms in total. The first-order valence-corrected chi connectivity index (χ1v) is 13.0. The Kier molecular flexibility index (Phi) is 7.69. The first kappa shape index (κ1) is 25.4. The third-order valence-corrected chi connectivity index (χ3v) is 6.65. The molecule has 0 aliphatic heterocycles. The highest BCUT2D eigenvalue weighted by Crippen LogP contribution is 2.29. The van der Waals surface area contributed by atoms with Crippen LogP contribution in [-0.2, 0) is 20.3 Å². The molecule has 0 saturated heterocycles. The number of hydrogen-bond donors (Lipinski definition) is 0. The van der Waals surface area contributed by atoms with E-state index in [9.17, 15) is 9.00 Å². The molecule has 4 rings (SSSR count). The largest absolute Gasteiger partial charge is 0.460 e. The predicted octanol–water partition coefficient (Wildman–Crippen LogP) is 5.40. The van der Waals surface area contributed by atoms with Gasteiger partial charge in [0.05, 0.1) is 28.4 Å². The van der Waals surface area contributed by atoms with Gasteiger partial charge in [-0.2, -0.15) is 0 Å². The van der Waals surface area contributed by atoms with Crippen LogP contribution in [0.25, 0.3) is 34.3 Å². The van der Waals surface area contributed by atoms with E-state index in [4.69, 9.17) is 14.1 Å². The van der Waals surface area contributed by atoms with Crippen molar-refractivity contribution in [1.29, 1.82) is 0 Å². The van der Waals surface area contributed by atoms with Crippen LogP contribution in [0.15, 0.2) is 70.1 Å². The van der Waals surface area contributed by atoms with Crippen LogP contribution in [0, 0.1) is 6.92 Å². The van der Waals surface area contributed by atoms with Gasteiger partial charge in [-0.3, -0.25) is 14.0 Å². The number of ether oxygens (including phenoxy) is 1. The predicted molar refractivity (Wildman–Crippen MR) is 137 cm³/mol. The van der Waals surface area contributed by atoms with Crippen LogP contribution < -0.4 is 0 Å². The summed E-state index contributed by atoms with van der Waals surface area (Å²) in [5.74, 6) is 0.684. The van der Waals surface area contributed by atoms with E-state index in [-0.39, 0.29) is 18.3 Å². The minimum atomic E-state index is -1.34.